The molecule has 0 unspecified atom stereocenters. The molecule has 24 heavy (non-hydrogen) atoms. The van der Waals surface area contributed by atoms with E-state index in [1.807, 2.05) is 62.5 Å². The highest BCUT2D eigenvalue weighted by molar-refractivity contribution is 5.88. The van der Waals surface area contributed by atoms with Gasteiger partial charge in [0.2, 0.25) is 0 Å². The number of carbonyl (C=O) groups excluding carboxylic acids is 1. The van der Waals surface area contributed by atoms with Crippen LogP contribution in [0.1, 0.15) is 11.1 Å². The van der Waals surface area contributed by atoms with E-state index in [1.54, 1.807) is 18.3 Å². The number of rotatable bonds is 3. The number of hydrogen-bond donors (Lipinski definition) is 1. The quantitative estimate of drug-likeness (QED) is 0.741. The van der Waals surface area contributed by atoms with E-state index in [9.17, 15) is 4.79 Å². The first-order valence-electron chi connectivity index (χ1n) is 7.69. The van der Waals surface area contributed by atoms with Gasteiger partial charge in [-0.15, -0.1) is 0 Å². The zero-order valence-electron chi connectivity index (χ0n) is 13.6. The van der Waals surface area contributed by atoms with E-state index in [1.165, 1.54) is 0 Å². The average Bonchev–Trinajstić information content (AvgIpc) is 2.58. The summed E-state index contributed by atoms with van der Waals surface area (Å²) in [5, 5.41) is 2.77. The molecule has 0 saturated heterocycles. The van der Waals surface area contributed by atoms with Crippen LogP contribution in [0.15, 0.2) is 67.0 Å². The highest BCUT2D eigenvalue weighted by atomic mass is 16.6. The molecule has 0 saturated carbocycles. The van der Waals surface area contributed by atoms with Crippen molar-refractivity contribution in [2.24, 2.45) is 0 Å². The van der Waals surface area contributed by atoms with Crippen molar-refractivity contribution in [3.8, 4) is 16.9 Å². The maximum Gasteiger partial charge on any atom is 0.417 e. The summed E-state index contributed by atoms with van der Waals surface area (Å²) < 4.78 is 5.26. The monoisotopic (exact) mass is 318 g/mol. The molecule has 0 aliphatic heterocycles. The minimum absolute atomic E-state index is 0.505. The van der Waals surface area contributed by atoms with E-state index in [-0.39, 0.29) is 0 Å². The molecule has 120 valence electrons. The highest BCUT2D eigenvalue weighted by Crippen LogP contribution is 2.28. The molecule has 0 aliphatic carbocycles. The van der Waals surface area contributed by atoms with Gasteiger partial charge in [-0.1, -0.05) is 24.3 Å². The second-order valence-corrected chi connectivity index (χ2v) is 5.55. The fourth-order valence-corrected chi connectivity index (χ4v) is 2.47. The smallest absolute Gasteiger partial charge is 0.410 e. The van der Waals surface area contributed by atoms with Crippen molar-refractivity contribution >= 4 is 11.8 Å². The maximum absolute atomic E-state index is 12.0. The van der Waals surface area contributed by atoms with E-state index in [0.29, 0.717) is 11.4 Å². The van der Waals surface area contributed by atoms with Gasteiger partial charge >= 0.3 is 6.09 Å². The summed E-state index contributed by atoms with van der Waals surface area (Å²) in [7, 11) is 0. The normalized spacial score (nSPS) is 10.2. The maximum atomic E-state index is 12.0. The molecule has 0 bridgehead atoms. The number of anilines is 1. The van der Waals surface area contributed by atoms with Gasteiger partial charge in [-0.3, -0.25) is 10.3 Å². The summed E-state index contributed by atoms with van der Waals surface area (Å²) in [6.07, 6.45) is 3.09. The summed E-state index contributed by atoms with van der Waals surface area (Å²) in [4.78, 5) is 16.2. The van der Waals surface area contributed by atoms with E-state index in [4.69, 9.17) is 4.74 Å². The number of hydrogen-bond acceptors (Lipinski definition) is 3. The predicted molar refractivity (Wildman–Crippen MR) is 95.2 cm³/mol. The molecule has 1 heterocycles. The van der Waals surface area contributed by atoms with E-state index in [0.717, 1.165) is 22.3 Å². The van der Waals surface area contributed by atoms with Crippen LogP contribution in [-0.4, -0.2) is 11.1 Å². The Morgan fingerprint density at radius 3 is 2.46 bits per heavy atom. The third-order valence-electron chi connectivity index (χ3n) is 3.77. The molecule has 0 aliphatic rings. The Labute approximate surface area is 141 Å². The fourth-order valence-electron chi connectivity index (χ4n) is 2.47. The first-order valence-corrected chi connectivity index (χ1v) is 7.69. The number of nitrogens with one attached hydrogen (secondary N) is 1. The number of carbonyl (C=O) groups is 1. The Hall–Kier alpha value is -3.14. The van der Waals surface area contributed by atoms with Gasteiger partial charge in [-0.05, 0) is 60.9 Å². The zero-order valence-corrected chi connectivity index (χ0v) is 13.6. The van der Waals surface area contributed by atoms with E-state index in [2.05, 4.69) is 10.3 Å². The Morgan fingerprint density at radius 2 is 1.71 bits per heavy atom. The van der Waals surface area contributed by atoms with Crippen LogP contribution in [0.3, 0.4) is 0 Å². The fraction of sp³-hybridized carbons (Fsp3) is 0.100. The highest BCUT2D eigenvalue weighted by Gasteiger charge is 2.09. The molecule has 1 N–H and O–H groups in total. The Morgan fingerprint density at radius 1 is 0.958 bits per heavy atom. The summed E-state index contributed by atoms with van der Waals surface area (Å²) in [5.74, 6) is 0.505. The molecule has 0 fully saturated rings. The topological polar surface area (TPSA) is 51.2 Å². The van der Waals surface area contributed by atoms with Crippen LogP contribution in [0.5, 0.6) is 5.75 Å². The average molecular weight is 318 g/mol. The molecule has 1 amide bonds. The second kappa shape index (κ2) is 6.96. The lowest BCUT2D eigenvalue weighted by atomic mass is 9.98. The van der Waals surface area contributed by atoms with Crippen molar-refractivity contribution in [1.82, 2.24) is 4.98 Å². The van der Waals surface area contributed by atoms with Gasteiger partial charge in [0, 0.05) is 23.6 Å². The van der Waals surface area contributed by atoms with Crippen LogP contribution in [0.2, 0.25) is 0 Å². The van der Waals surface area contributed by atoms with E-state index < -0.39 is 6.09 Å². The molecule has 3 aromatic rings. The van der Waals surface area contributed by atoms with E-state index >= 15 is 0 Å². The zero-order chi connectivity index (χ0) is 16.9. The van der Waals surface area contributed by atoms with Crippen LogP contribution in [0, 0.1) is 13.8 Å². The van der Waals surface area contributed by atoms with Gasteiger partial charge in [-0.25, -0.2) is 4.79 Å². The number of aryl methyl sites for hydroxylation is 2. The molecule has 4 heteroatoms. The lowest BCUT2D eigenvalue weighted by Gasteiger charge is -2.12. The van der Waals surface area contributed by atoms with Gasteiger partial charge in [0.15, 0.2) is 0 Å². The number of aromatic nitrogens is 1. The SMILES string of the molecule is Cc1ccncc1-c1cc(NC(=O)Oc2ccccc2)ccc1C. The molecular weight excluding hydrogens is 300 g/mol. The second-order valence-electron chi connectivity index (χ2n) is 5.55. The Bertz CT molecular complexity index is 861. The number of pyridine rings is 1. The molecule has 0 radical (unpaired) electrons. The third-order valence-corrected chi connectivity index (χ3v) is 3.77. The van der Waals surface area contributed by atoms with Gasteiger partial charge in [-0.2, -0.15) is 0 Å². The standard InChI is InChI=1S/C20H18N2O2/c1-14-8-9-16(12-18(14)19-13-21-11-10-15(19)2)22-20(23)24-17-6-4-3-5-7-17/h3-13H,1-2H3,(H,22,23). The predicted octanol–water partition coefficient (Wildman–Crippen LogP) is 4.98. The molecule has 1 aromatic heterocycles. The molecule has 4 nitrogen and oxygen atoms in total. The third kappa shape index (κ3) is 3.60. The summed E-state index contributed by atoms with van der Waals surface area (Å²) in [6.45, 7) is 4.08. The molecular formula is C20H18N2O2. The summed E-state index contributed by atoms with van der Waals surface area (Å²) in [6, 6.07) is 16.7. The van der Waals surface area contributed by atoms with Gasteiger partial charge in [0.05, 0.1) is 0 Å². The van der Waals surface area contributed by atoms with Crippen LogP contribution >= 0.6 is 0 Å². The van der Waals surface area contributed by atoms with Crippen molar-refractivity contribution in [2.75, 3.05) is 5.32 Å². The number of ether oxygens (including phenoxy) is 1. The molecule has 0 spiro atoms. The van der Waals surface area contributed by atoms with Crippen LogP contribution < -0.4 is 10.1 Å². The van der Waals surface area contributed by atoms with Crippen molar-refractivity contribution in [1.29, 1.82) is 0 Å². The molecule has 2 aromatic carbocycles. The van der Waals surface area contributed by atoms with Crippen molar-refractivity contribution in [3.05, 3.63) is 78.1 Å². The Balaban J connectivity index is 1.81. The minimum atomic E-state index is -0.515. The lowest BCUT2D eigenvalue weighted by Crippen LogP contribution is -2.16. The Kier molecular flexibility index (Phi) is 4.57. The van der Waals surface area contributed by atoms with Gasteiger partial charge in [0.1, 0.15) is 5.75 Å². The molecule has 3 rings (SSSR count). The van der Waals surface area contributed by atoms with Crippen LogP contribution in [-0.2, 0) is 0 Å². The van der Waals surface area contributed by atoms with Crippen LogP contribution in [0.4, 0.5) is 10.5 Å². The largest absolute Gasteiger partial charge is 0.417 e. The van der Waals surface area contributed by atoms with Crippen molar-refractivity contribution in [2.45, 2.75) is 13.8 Å². The lowest BCUT2D eigenvalue weighted by molar-refractivity contribution is 0.215. The van der Waals surface area contributed by atoms with Crippen molar-refractivity contribution < 1.29 is 9.53 Å². The number of benzene rings is 2. The summed E-state index contributed by atoms with van der Waals surface area (Å²) >= 11 is 0. The molecule has 0 atom stereocenters. The summed E-state index contributed by atoms with van der Waals surface area (Å²) in [5.41, 5.74) is 5.03. The number of para-hydroxylation sites is 1. The number of amides is 1. The number of nitrogens with zero attached hydrogens (tertiary/aromatic N) is 1. The van der Waals surface area contributed by atoms with Gasteiger partial charge in [0.25, 0.3) is 0 Å². The first kappa shape index (κ1) is 15.7. The van der Waals surface area contributed by atoms with Gasteiger partial charge < -0.3 is 4.74 Å². The van der Waals surface area contributed by atoms with Crippen molar-refractivity contribution in [3.63, 3.8) is 0 Å². The van der Waals surface area contributed by atoms with Crippen LogP contribution in [0.25, 0.3) is 11.1 Å². The minimum Gasteiger partial charge on any atom is -0.410 e. The first-order chi connectivity index (χ1) is 11.6.